The SMILES string of the molecule is CC(=O)O[C@@H]1[C@@H]([C@@]2(C)CC[C@H](O[Si](C)(C)C(C)(C)C)C[C@@H]2CCn2cncn2)CC[C@@]2(C)[C@H]1CCC21OCCO1. The average Bonchev–Trinajstić information content (AvgIpc) is 3.61. The average molecular weight is 576 g/mol. The minimum atomic E-state index is -1.89. The zero-order chi connectivity index (χ0) is 29.0. The molecule has 226 valence electrons. The molecule has 2 heterocycles. The fraction of sp³-hybridized carbons (Fsp3) is 0.903. The van der Waals surface area contributed by atoms with Gasteiger partial charge in [0.05, 0.1) is 13.2 Å². The number of esters is 1. The molecule has 0 amide bonds. The van der Waals surface area contributed by atoms with E-state index in [0.29, 0.717) is 25.0 Å². The molecule has 3 saturated carbocycles. The molecule has 1 saturated heterocycles. The Hall–Kier alpha value is -1.29. The van der Waals surface area contributed by atoms with Gasteiger partial charge in [0.15, 0.2) is 14.1 Å². The van der Waals surface area contributed by atoms with Crippen LogP contribution in [0.1, 0.15) is 92.9 Å². The molecule has 0 aromatic carbocycles. The molecular formula is C31H53N3O5Si. The van der Waals surface area contributed by atoms with Gasteiger partial charge in [-0.3, -0.25) is 9.48 Å². The maximum Gasteiger partial charge on any atom is 0.302 e. The molecule has 0 radical (unpaired) electrons. The van der Waals surface area contributed by atoms with Gasteiger partial charge in [-0.25, -0.2) is 4.98 Å². The topological polar surface area (TPSA) is 84.7 Å². The number of nitrogens with zero attached hydrogens (tertiary/aromatic N) is 3. The number of aryl methyl sites for hydroxylation is 1. The third-order valence-electron chi connectivity index (χ3n) is 12.1. The molecule has 0 unspecified atom stereocenters. The van der Waals surface area contributed by atoms with Gasteiger partial charge in [-0.2, -0.15) is 5.10 Å². The molecule has 5 rings (SSSR count). The van der Waals surface area contributed by atoms with Crippen LogP contribution in [0.2, 0.25) is 18.1 Å². The van der Waals surface area contributed by atoms with Crippen molar-refractivity contribution in [1.82, 2.24) is 14.8 Å². The molecule has 1 aromatic heterocycles. The standard InChI is InChI=1S/C31H53N3O5Si/c1-22(35)38-27-25(10-14-30(6)26(27)11-15-31(30)36-17-18-37-31)29(5)13-9-24(39-40(7,8)28(2,3)4)19-23(29)12-16-34-21-32-20-33-34/h20-21,23-27H,9-19H2,1-8H3/t23-,24-,25-,26-,27+,29-,30-/m0/s1. The number of hydrogen-bond acceptors (Lipinski definition) is 7. The third kappa shape index (κ3) is 5.22. The van der Waals surface area contributed by atoms with Gasteiger partial charge < -0.3 is 18.6 Å². The van der Waals surface area contributed by atoms with Gasteiger partial charge in [-0.05, 0) is 74.4 Å². The number of fused-ring (bicyclic) bond motifs is 2. The van der Waals surface area contributed by atoms with Crippen molar-refractivity contribution >= 4 is 14.3 Å². The number of aromatic nitrogens is 3. The fourth-order valence-electron chi connectivity index (χ4n) is 8.68. The summed E-state index contributed by atoms with van der Waals surface area (Å²) >= 11 is 0. The van der Waals surface area contributed by atoms with E-state index in [2.05, 4.69) is 57.8 Å². The van der Waals surface area contributed by atoms with Gasteiger partial charge in [0.2, 0.25) is 0 Å². The Bertz CT molecular complexity index is 1040. The fourth-order valence-corrected chi connectivity index (χ4v) is 10.1. The summed E-state index contributed by atoms with van der Waals surface area (Å²) < 4.78 is 28.0. The minimum Gasteiger partial charge on any atom is -0.462 e. The van der Waals surface area contributed by atoms with Crippen LogP contribution in [-0.2, 0) is 30.0 Å². The highest BCUT2D eigenvalue weighted by atomic mass is 28.4. The smallest absolute Gasteiger partial charge is 0.302 e. The summed E-state index contributed by atoms with van der Waals surface area (Å²) in [6.07, 6.45) is 11.7. The van der Waals surface area contributed by atoms with Crippen LogP contribution in [0.25, 0.3) is 0 Å². The lowest BCUT2D eigenvalue weighted by atomic mass is 9.51. The first-order valence-corrected chi connectivity index (χ1v) is 18.6. The van der Waals surface area contributed by atoms with E-state index >= 15 is 0 Å². The first-order valence-electron chi connectivity index (χ1n) is 15.7. The number of hydrogen-bond donors (Lipinski definition) is 0. The molecule has 0 bridgehead atoms. The van der Waals surface area contributed by atoms with Crippen molar-refractivity contribution in [1.29, 1.82) is 0 Å². The van der Waals surface area contributed by atoms with E-state index in [1.165, 1.54) is 0 Å². The summed E-state index contributed by atoms with van der Waals surface area (Å²) in [6, 6.07) is 0. The highest BCUT2D eigenvalue weighted by molar-refractivity contribution is 6.74. The Labute approximate surface area is 242 Å². The molecule has 4 fully saturated rings. The monoisotopic (exact) mass is 575 g/mol. The Morgan fingerprint density at radius 3 is 2.40 bits per heavy atom. The van der Waals surface area contributed by atoms with Crippen LogP contribution >= 0.6 is 0 Å². The highest BCUT2D eigenvalue weighted by Crippen LogP contribution is 2.65. The van der Waals surface area contributed by atoms with E-state index in [4.69, 9.17) is 18.6 Å². The summed E-state index contributed by atoms with van der Waals surface area (Å²) in [5, 5.41) is 4.58. The molecule has 0 N–H and O–H groups in total. The van der Waals surface area contributed by atoms with Crippen LogP contribution in [0.15, 0.2) is 12.7 Å². The first kappa shape index (κ1) is 30.2. The number of carbonyl (C=O) groups excluding carboxylic acids is 1. The number of rotatable bonds is 7. The normalized spacial score (nSPS) is 38.0. The largest absolute Gasteiger partial charge is 0.462 e. The lowest BCUT2D eigenvalue weighted by Crippen LogP contribution is -2.58. The molecule has 3 aliphatic carbocycles. The van der Waals surface area contributed by atoms with E-state index in [1.807, 2.05) is 11.0 Å². The molecule has 40 heavy (non-hydrogen) atoms. The third-order valence-corrected chi connectivity index (χ3v) is 16.6. The van der Waals surface area contributed by atoms with Gasteiger partial charge in [0.1, 0.15) is 18.8 Å². The van der Waals surface area contributed by atoms with Crippen LogP contribution in [0.4, 0.5) is 0 Å². The molecular weight excluding hydrogens is 522 g/mol. The molecule has 1 spiro atoms. The molecule has 4 aliphatic rings. The Kier molecular flexibility index (Phi) is 8.12. The van der Waals surface area contributed by atoms with Crippen molar-refractivity contribution in [3.63, 3.8) is 0 Å². The van der Waals surface area contributed by atoms with Crippen molar-refractivity contribution in [3.8, 4) is 0 Å². The van der Waals surface area contributed by atoms with E-state index in [1.54, 1.807) is 13.3 Å². The second-order valence-electron chi connectivity index (χ2n) is 15.2. The van der Waals surface area contributed by atoms with Crippen LogP contribution in [-0.4, -0.2) is 60.3 Å². The maximum absolute atomic E-state index is 12.6. The van der Waals surface area contributed by atoms with Crippen molar-refractivity contribution in [2.75, 3.05) is 13.2 Å². The van der Waals surface area contributed by atoms with Gasteiger partial charge >= 0.3 is 5.97 Å². The van der Waals surface area contributed by atoms with E-state index in [-0.39, 0.29) is 40.0 Å². The van der Waals surface area contributed by atoms with Crippen LogP contribution < -0.4 is 0 Å². The van der Waals surface area contributed by atoms with E-state index in [9.17, 15) is 4.79 Å². The van der Waals surface area contributed by atoms with Crippen LogP contribution in [0.3, 0.4) is 0 Å². The Morgan fingerprint density at radius 1 is 1.07 bits per heavy atom. The highest BCUT2D eigenvalue weighted by Gasteiger charge is 2.67. The summed E-state index contributed by atoms with van der Waals surface area (Å²) in [5.41, 5.74) is -0.113. The van der Waals surface area contributed by atoms with Crippen molar-refractivity contribution < 1.29 is 23.4 Å². The lowest BCUT2D eigenvalue weighted by Gasteiger charge is -2.58. The molecule has 1 aliphatic heterocycles. The zero-order valence-electron chi connectivity index (χ0n) is 26.2. The second-order valence-corrected chi connectivity index (χ2v) is 19.9. The van der Waals surface area contributed by atoms with Gasteiger partial charge in [-0.1, -0.05) is 34.6 Å². The lowest BCUT2D eigenvalue weighted by molar-refractivity contribution is -0.252. The second kappa shape index (κ2) is 10.8. The zero-order valence-corrected chi connectivity index (χ0v) is 27.2. The predicted molar refractivity (Wildman–Crippen MR) is 156 cm³/mol. The van der Waals surface area contributed by atoms with Crippen molar-refractivity contribution in [3.05, 3.63) is 12.7 Å². The van der Waals surface area contributed by atoms with Crippen LogP contribution in [0, 0.1) is 28.6 Å². The summed E-state index contributed by atoms with van der Waals surface area (Å²) in [5.74, 6) is 0.263. The molecule has 7 atom stereocenters. The van der Waals surface area contributed by atoms with E-state index < -0.39 is 14.1 Å². The van der Waals surface area contributed by atoms with Gasteiger partial charge in [-0.15, -0.1) is 0 Å². The number of carbonyl (C=O) groups is 1. The molecule has 1 aromatic rings. The molecule has 9 heteroatoms. The Morgan fingerprint density at radius 2 is 1.77 bits per heavy atom. The van der Waals surface area contributed by atoms with Gasteiger partial charge in [0, 0.05) is 43.2 Å². The van der Waals surface area contributed by atoms with Crippen LogP contribution in [0.5, 0.6) is 0 Å². The summed E-state index contributed by atoms with van der Waals surface area (Å²) in [7, 11) is -1.89. The minimum absolute atomic E-state index is 0.0302. The van der Waals surface area contributed by atoms with Crippen molar-refractivity contribution in [2.24, 2.45) is 28.6 Å². The van der Waals surface area contributed by atoms with E-state index in [0.717, 1.165) is 57.9 Å². The molecule has 8 nitrogen and oxygen atoms in total. The Balaban J connectivity index is 1.43. The summed E-state index contributed by atoms with van der Waals surface area (Å²) in [4.78, 5) is 16.8. The summed E-state index contributed by atoms with van der Waals surface area (Å²) in [6.45, 7) is 20.2. The first-order chi connectivity index (χ1) is 18.7. The van der Waals surface area contributed by atoms with Crippen molar-refractivity contribution in [2.45, 2.75) is 136 Å². The van der Waals surface area contributed by atoms with Gasteiger partial charge in [0.25, 0.3) is 0 Å². The maximum atomic E-state index is 12.6. The number of ether oxygens (including phenoxy) is 3. The quantitative estimate of drug-likeness (QED) is 0.276. The predicted octanol–water partition coefficient (Wildman–Crippen LogP) is 6.37.